The molecule has 0 saturated carbocycles. The zero-order valence-corrected chi connectivity index (χ0v) is 18.2. The molecule has 2 aromatic carbocycles. The van der Waals surface area contributed by atoms with Crippen molar-refractivity contribution in [2.24, 2.45) is 0 Å². The second kappa shape index (κ2) is 8.30. The van der Waals surface area contributed by atoms with Crippen molar-refractivity contribution in [2.75, 3.05) is 33.8 Å². The molecule has 1 N–H and O–H groups in total. The Labute approximate surface area is 178 Å². The third kappa shape index (κ3) is 4.46. The second-order valence-electron chi connectivity index (χ2n) is 8.64. The molecule has 2 heterocycles. The fraction of sp³-hybridized carbons (Fsp3) is 0.417. The molecule has 0 radical (unpaired) electrons. The lowest BCUT2D eigenvalue weighted by molar-refractivity contribution is 0.0299. The molecule has 6 heteroatoms. The molecule has 4 rings (SSSR count). The van der Waals surface area contributed by atoms with Gasteiger partial charge in [-0.3, -0.25) is 4.90 Å². The summed E-state index contributed by atoms with van der Waals surface area (Å²) in [5.74, 6) is 0.892. The van der Waals surface area contributed by atoms with Gasteiger partial charge in [0.25, 0.3) is 0 Å². The highest BCUT2D eigenvalue weighted by molar-refractivity contribution is 5.74. The van der Waals surface area contributed by atoms with Crippen LogP contribution in [0.4, 0.5) is 0 Å². The first kappa shape index (κ1) is 20.7. The minimum atomic E-state index is -0.921. The Morgan fingerprint density at radius 3 is 2.60 bits per heavy atom. The topological polar surface area (TPSA) is 61.7 Å². The number of ether oxygens (including phenoxy) is 1. The summed E-state index contributed by atoms with van der Waals surface area (Å²) in [6, 6.07) is 14.0. The smallest absolute Gasteiger partial charge is 0.123 e. The van der Waals surface area contributed by atoms with Crippen LogP contribution < -0.4 is 4.74 Å². The second-order valence-corrected chi connectivity index (χ2v) is 8.64. The van der Waals surface area contributed by atoms with Crippen molar-refractivity contribution in [2.45, 2.75) is 32.5 Å². The lowest BCUT2D eigenvalue weighted by atomic mass is 9.93. The minimum absolute atomic E-state index is 0.558. The zero-order chi connectivity index (χ0) is 21.3. The predicted molar refractivity (Wildman–Crippen MR) is 118 cm³/mol. The van der Waals surface area contributed by atoms with Gasteiger partial charge >= 0.3 is 0 Å². The van der Waals surface area contributed by atoms with Gasteiger partial charge in [-0.1, -0.05) is 18.2 Å². The van der Waals surface area contributed by atoms with Crippen molar-refractivity contribution in [3.63, 3.8) is 0 Å². The number of para-hydroxylation sites is 2. The number of aromatic nitrogens is 2. The van der Waals surface area contributed by atoms with Crippen molar-refractivity contribution in [1.29, 1.82) is 0 Å². The van der Waals surface area contributed by atoms with E-state index in [9.17, 15) is 5.11 Å². The van der Waals surface area contributed by atoms with Gasteiger partial charge in [-0.25, -0.2) is 9.97 Å². The van der Waals surface area contributed by atoms with Crippen LogP contribution in [0.1, 0.15) is 29.4 Å². The Hall–Kier alpha value is -2.54. The Kier molecular flexibility index (Phi) is 5.73. The molecule has 1 aliphatic heterocycles. The van der Waals surface area contributed by atoms with E-state index in [1.165, 1.54) is 0 Å². The monoisotopic (exact) mass is 406 g/mol. The van der Waals surface area contributed by atoms with E-state index in [0.717, 1.165) is 52.4 Å². The zero-order valence-electron chi connectivity index (χ0n) is 18.2. The van der Waals surface area contributed by atoms with Crippen molar-refractivity contribution in [3.8, 4) is 5.75 Å². The quantitative estimate of drug-likeness (QED) is 0.703. The van der Waals surface area contributed by atoms with E-state index in [1.807, 2.05) is 69.2 Å². The lowest BCUT2D eigenvalue weighted by Gasteiger charge is -2.28. The average Bonchev–Trinajstić information content (AvgIpc) is 2.88. The van der Waals surface area contributed by atoms with Crippen LogP contribution in [0.15, 0.2) is 42.5 Å². The normalized spacial score (nSPS) is 16.7. The molecule has 1 atom stereocenters. The standard InChI is InChI=1S/C24H30N4O2/c1-17-22(26-21-8-6-5-7-20(21)25-17)15-28-11-12-30-23-10-9-19(13-18(23)14-28)24(2,29)16-27(3)4/h5-10,13,29H,11-12,14-16H2,1-4H3. The summed E-state index contributed by atoms with van der Waals surface area (Å²) in [4.78, 5) is 13.9. The molecule has 6 nitrogen and oxygen atoms in total. The van der Waals surface area contributed by atoms with Gasteiger partial charge in [-0.15, -0.1) is 0 Å². The Morgan fingerprint density at radius 1 is 1.13 bits per heavy atom. The van der Waals surface area contributed by atoms with Gasteiger partial charge in [-0.2, -0.15) is 0 Å². The summed E-state index contributed by atoms with van der Waals surface area (Å²) >= 11 is 0. The fourth-order valence-electron chi connectivity index (χ4n) is 4.11. The SMILES string of the molecule is Cc1nc2ccccc2nc1CN1CCOc2ccc(C(C)(O)CN(C)C)cc2C1. The van der Waals surface area contributed by atoms with E-state index in [0.29, 0.717) is 19.7 Å². The van der Waals surface area contributed by atoms with Crippen LogP contribution in [0.2, 0.25) is 0 Å². The average molecular weight is 407 g/mol. The molecule has 0 aliphatic carbocycles. The summed E-state index contributed by atoms with van der Waals surface area (Å²) in [6.45, 7) is 7.33. The first-order valence-electron chi connectivity index (χ1n) is 10.4. The van der Waals surface area contributed by atoms with Crippen molar-refractivity contribution in [3.05, 3.63) is 65.0 Å². The Balaban J connectivity index is 1.59. The molecule has 0 bridgehead atoms. The minimum Gasteiger partial charge on any atom is -0.492 e. The van der Waals surface area contributed by atoms with Crippen molar-refractivity contribution >= 4 is 11.0 Å². The molecular formula is C24H30N4O2. The van der Waals surface area contributed by atoms with Gasteiger partial charge < -0.3 is 14.7 Å². The summed E-state index contributed by atoms with van der Waals surface area (Å²) in [6.07, 6.45) is 0. The maximum absolute atomic E-state index is 11.0. The summed E-state index contributed by atoms with van der Waals surface area (Å²) in [5, 5.41) is 11.0. The first-order valence-corrected chi connectivity index (χ1v) is 10.4. The molecule has 1 aromatic heterocycles. The van der Waals surface area contributed by atoms with Crippen LogP contribution in [0.5, 0.6) is 5.75 Å². The summed E-state index contributed by atoms with van der Waals surface area (Å²) < 4.78 is 6.00. The number of likely N-dealkylation sites (N-methyl/N-ethyl adjacent to an activating group) is 1. The van der Waals surface area contributed by atoms with E-state index in [-0.39, 0.29) is 0 Å². The van der Waals surface area contributed by atoms with Gasteiger partial charge in [-0.05, 0) is 57.8 Å². The maximum Gasteiger partial charge on any atom is 0.123 e. The van der Waals surface area contributed by atoms with Crippen LogP contribution in [0.3, 0.4) is 0 Å². The number of benzene rings is 2. The maximum atomic E-state index is 11.0. The third-order valence-corrected chi connectivity index (χ3v) is 5.58. The number of nitrogens with zero attached hydrogens (tertiary/aromatic N) is 4. The van der Waals surface area contributed by atoms with Crippen LogP contribution in [-0.4, -0.2) is 58.7 Å². The molecule has 0 amide bonds. The number of fused-ring (bicyclic) bond motifs is 2. The largest absolute Gasteiger partial charge is 0.492 e. The van der Waals surface area contributed by atoms with Crippen LogP contribution in [0, 0.1) is 6.92 Å². The summed E-state index contributed by atoms with van der Waals surface area (Å²) in [5.41, 5.74) is 4.88. The molecular weight excluding hydrogens is 376 g/mol. The number of hydrogen-bond acceptors (Lipinski definition) is 6. The number of aliphatic hydroxyl groups is 1. The van der Waals surface area contributed by atoms with E-state index >= 15 is 0 Å². The predicted octanol–water partition coefficient (Wildman–Crippen LogP) is 3.10. The van der Waals surface area contributed by atoms with Crippen molar-refractivity contribution in [1.82, 2.24) is 19.8 Å². The molecule has 0 fully saturated rings. The highest BCUT2D eigenvalue weighted by Gasteiger charge is 2.26. The third-order valence-electron chi connectivity index (χ3n) is 5.58. The molecule has 30 heavy (non-hydrogen) atoms. The highest BCUT2D eigenvalue weighted by Crippen LogP contribution is 2.30. The van der Waals surface area contributed by atoms with Crippen LogP contribution in [0.25, 0.3) is 11.0 Å². The van der Waals surface area contributed by atoms with E-state index in [4.69, 9.17) is 14.7 Å². The van der Waals surface area contributed by atoms with Crippen LogP contribution in [-0.2, 0) is 18.7 Å². The van der Waals surface area contributed by atoms with E-state index in [1.54, 1.807) is 0 Å². The molecule has 0 spiro atoms. The van der Waals surface area contributed by atoms with E-state index in [2.05, 4.69) is 11.0 Å². The number of aryl methyl sites for hydroxylation is 1. The molecule has 0 saturated heterocycles. The first-order chi connectivity index (χ1) is 14.3. The molecule has 1 aliphatic rings. The molecule has 3 aromatic rings. The lowest BCUT2D eigenvalue weighted by Crippen LogP contribution is -2.34. The van der Waals surface area contributed by atoms with Gasteiger partial charge in [0.1, 0.15) is 12.4 Å². The van der Waals surface area contributed by atoms with E-state index < -0.39 is 5.60 Å². The molecule has 1 unspecified atom stereocenters. The van der Waals surface area contributed by atoms with Gasteiger partial charge in [0.05, 0.1) is 28.0 Å². The Bertz CT molecular complexity index is 1050. The van der Waals surface area contributed by atoms with Gasteiger partial charge in [0.15, 0.2) is 0 Å². The van der Waals surface area contributed by atoms with Gasteiger partial charge in [0.2, 0.25) is 0 Å². The Morgan fingerprint density at radius 2 is 1.87 bits per heavy atom. The number of hydrogen-bond donors (Lipinski definition) is 1. The highest BCUT2D eigenvalue weighted by atomic mass is 16.5. The van der Waals surface area contributed by atoms with Crippen molar-refractivity contribution < 1.29 is 9.84 Å². The number of rotatable bonds is 5. The van der Waals surface area contributed by atoms with Gasteiger partial charge in [0, 0.05) is 31.7 Å². The fourth-order valence-corrected chi connectivity index (χ4v) is 4.11. The van der Waals surface area contributed by atoms with Crippen LogP contribution >= 0.6 is 0 Å². The molecule has 158 valence electrons. The summed E-state index contributed by atoms with van der Waals surface area (Å²) in [7, 11) is 3.94.